The first kappa shape index (κ1) is 9.73. The van der Waals surface area contributed by atoms with Gasteiger partial charge in [-0.25, -0.2) is 0 Å². The molecule has 0 unspecified atom stereocenters. The minimum Gasteiger partial charge on any atom is -0.354 e. The predicted octanol–water partition coefficient (Wildman–Crippen LogP) is 3.19. The Hall–Kier alpha value is -1.48. The predicted molar refractivity (Wildman–Crippen MR) is 71.2 cm³/mol. The van der Waals surface area contributed by atoms with Crippen molar-refractivity contribution in [1.29, 1.82) is 0 Å². The largest absolute Gasteiger partial charge is 0.354 e. The summed E-state index contributed by atoms with van der Waals surface area (Å²) in [6, 6.07) is 8.53. The number of nitrogens with one attached hydrogen (secondary N) is 1. The van der Waals surface area contributed by atoms with E-state index in [2.05, 4.69) is 40.8 Å². The molecule has 2 nitrogen and oxygen atoms in total. The van der Waals surface area contributed by atoms with E-state index in [1.54, 1.807) is 0 Å². The molecule has 0 amide bonds. The third-order valence-corrected chi connectivity index (χ3v) is 3.09. The maximum absolute atomic E-state index is 4.26. The maximum Gasteiger partial charge on any atom is 0.0495 e. The Balaban J connectivity index is 2.28. The molecular weight excluding hydrogens is 216 g/mol. The third kappa shape index (κ3) is 1.48. The number of nitrogens with zero attached hydrogens (tertiary/aromatic N) is 1. The van der Waals surface area contributed by atoms with Crippen molar-refractivity contribution in [3.05, 3.63) is 42.2 Å². The minimum absolute atomic E-state index is 0.882. The van der Waals surface area contributed by atoms with E-state index in [1.807, 2.05) is 18.5 Å². The summed E-state index contributed by atoms with van der Waals surface area (Å²) in [6.45, 7) is 0. The summed E-state index contributed by atoms with van der Waals surface area (Å²) in [5.74, 6) is 0.882. The lowest BCUT2D eigenvalue weighted by molar-refractivity contribution is 1.17. The summed E-state index contributed by atoms with van der Waals surface area (Å²) >= 11 is 4.26. The van der Waals surface area contributed by atoms with Gasteiger partial charge in [0, 0.05) is 34.2 Å². The Morgan fingerprint density at radius 3 is 2.94 bits per heavy atom. The average molecular weight is 228 g/mol. The highest BCUT2D eigenvalue weighted by molar-refractivity contribution is 7.80. The highest BCUT2D eigenvalue weighted by atomic mass is 32.1. The molecule has 16 heavy (non-hydrogen) atoms. The second-order valence-electron chi connectivity index (χ2n) is 3.90. The average Bonchev–Trinajstić information content (AvgIpc) is 2.67. The molecule has 0 fully saturated rings. The molecule has 3 rings (SSSR count). The molecule has 1 aromatic carbocycles. The van der Waals surface area contributed by atoms with Crippen LogP contribution in [0.25, 0.3) is 21.8 Å². The van der Waals surface area contributed by atoms with Crippen LogP contribution in [0.4, 0.5) is 0 Å². The maximum atomic E-state index is 4.26. The lowest BCUT2D eigenvalue weighted by Crippen LogP contribution is -1.84. The van der Waals surface area contributed by atoms with Gasteiger partial charge in [0.05, 0.1) is 0 Å². The Morgan fingerprint density at radius 1 is 1.12 bits per heavy atom. The number of benzene rings is 1. The van der Waals surface area contributed by atoms with Crippen LogP contribution in [0.2, 0.25) is 0 Å². The quantitative estimate of drug-likeness (QED) is 0.648. The summed E-state index contributed by atoms with van der Waals surface area (Å²) in [6.07, 6.45) is 4.73. The van der Waals surface area contributed by atoms with Crippen LogP contribution >= 0.6 is 12.6 Å². The highest BCUT2D eigenvalue weighted by Crippen LogP contribution is 2.25. The van der Waals surface area contributed by atoms with Crippen molar-refractivity contribution in [2.24, 2.45) is 0 Å². The number of thiol groups is 1. The van der Waals surface area contributed by atoms with Crippen LogP contribution in [0, 0.1) is 0 Å². The van der Waals surface area contributed by atoms with E-state index in [4.69, 9.17) is 0 Å². The second-order valence-corrected chi connectivity index (χ2v) is 4.35. The molecule has 0 aliphatic heterocycles. The number of aromatic amines is 1. The van der Waals surface area contributed by atoms with Gasteiger partial charge in [0.1, 0.15) is 0 Å². The van der Waals surface area contributed by atoms with Gasteiger partial charge in [-0.1, -0.05) is 12.1 Å². The zero-order valence-corrected chi connectivity index (χ0v) is 9.67. The molecule has 80 valence electrons. The van der Waals surface area contributed by atoms with Crippen LogP contribution in [0.3, 0.4) is 0 Å². The third-order valence-electron chi connectivity index (χ3n) is 2.87. The Kier molecular flexibility index (Phi) is 2.33. The monoisotopic (exact) mass is 228 g/mol. The van der Waals surface area contributed by atoms with Gasteiger partial charge in [-0.15, -0.1) is 0 Å². The van der Waals surface area contributed by atoms with E-state index in [9.17, 15) is 0 Å². The molecule has 0 radical (unpaired) electrons. The topological polar surface area (TPSA) is 28.7 Å². The normalized spacial score (nSPS) is 11.3. The molecule has 0 saturated carbocycles. The minimum atomic E-state index is 0.882. The van der Waals surface area contributed by atoms with Gasteiger partial charge in [-0.05, 0) is 29.9 Å². The summed E-state index contributed by atoms with van der Waals surface area (Å²) in [5, 5.41) is 2.43. The van der Waals surface area contributed by atoms with Crippen molar-refractivity contribution in [1.82, 2.24) is 9.97 Å². The summed E-state index contributed by atoms with van der Waals surface area (Å²) < 4.78 is 0. The van der Waals surface area contributed by atoms with Crippen molar-refractivity contribution in [3.63, 3.8) is 0 Å². The summed E-state index contributed by atoms with van der Waals surface area (Å²) in [4.78, 5) is 7.57. The van der Waals surface area contributed by atoms with Gasteiger partial charge in [0.25, 0.3) is 0 Å². The number of fused-ring (bicyclic) bond motifs is 3. The van der Waals surface area contributed by atoms with Crippen LogP contribution in [0.15, 0.2) is 36.7 Å². The molecule has 2 heterocycles. The van der Waals surface area contributed by atoms with E-state index in [1.165, 1.54) is 21.9 Å². The molecule has 1 N–H and O–H groups in total. The lowest BCUT2D eigenvalue weighted by atomic mass is 10.1. The van der Waals surface area contributed by atoms with Gasteiger partial charge < -0.3 is 4.98 Å². The first-order valence-electron chi connectivity index (χ1n) is 5.33. The zero-order valence-electron chi connectivity index (χ0n) is 8.77. The standard InChI is InChI=1S/C13H12N2S/c16-6-4-9-1-2-10-11-8-14-5-3-12(11)15-13(10)7-9/h1-3,5,7-8,15-16H,4,6H2. The number of aromatic nitrogens is 2. The Labute approximate surface area is 99.1 Å². The van der Waals surface area contributed by atoms with Crippen LogP contribution in [0.5, 0.6) is 0 Å². The Bertz CT molecular complexity index is 643. The van der Waals surface area contributed by atoms with Gasteiger partial charge in [0.2, 0.25) is 0 Å². The summed E-state index contributed by atoms with van der Waals surface area (Å²) in [7, 11) is 0. The molecule has 0 aliphatic carbocycles. The number of hydrogen-bond donors (Lipinski definition) is 2. The van der Waals surface area contributed by atoms with Crippen LogP contribution < -0.4 is 0 Å². The lowest BCUT2D eigenvalue weighted by Gasteiger charge is -1.97. The summed E-state index contributed by atoms with van der Waals surface area (Å²) in [5.41, 5.74) is 3.65. The molecular formula is C13H12N2S. The molecule has 0 saturated heterocycles. The van der Waals surface area contributed by atoms with E-state index >= 15 is 0 Å². The van der Waals surface area contributed by atoms with Gasteiger partial charge in [-0.2, -0.15) is 12.6 Å². The van der Waals surface area contributed by atoms with Crippen LogP contribution in [-0.4, -0.2) is 15.7 Å². The molecule has 3 heteroatoms. The molecule has 0 aliphatic rings. The second kappa shape index (κ2) is 3.83. The fourth-order valence-corrected chi connectivity index (χ4v) is 2.34. The molecule has 0 spiro atoms. The fourth-order valence-electron chi connectivity index (χ4n) is 2.08. The number of H-pyrrole nitrogens is 1. The van der Waals surface area contributed by atoms with Gasteiger partial charge in [-0.3, -0.25) is 4.98 Å². The molecule has 2 aromatic heterocycles. The van der Waals surface area contributed by atoms with E-state index in [0.717, 1.165) is 17.7 Å². The number of rotatable bonds is 2. The van der Waals surface area contributed by atoms with Gasteiger partial charge >= 0.3 is 0 Å². The van der Waals surface area contributed by atoms with E-state index in [-0.39, 0.29) is 0 Å². The number of aryl methyl sites for hydroxylation is 1. The van der Waals surface area contributed by atoms with Crippen LogP contribution in [-0.2, 0) is 6.42 Å². The fraction of sp³-hybridized carbons (Fsp3) is 0.154. The number of pyridine rings is 1. The SMILES string of the molecule is SCCc1ccc2c(c1)[nH]c1ccncc12. The Morgan fingerprint density at radius 2 is 2.06 bits per heavy atom. The van der Waals surface area contributed by atoms with Crippen molar-refractivity contribution >= 4 is 34.4 Å². The van der Waals surface area contributed by atoms with Crippen molar-refractivity contribution in [2.75, 3.05) is 5.75 Å². The first-order chi connectivity index (χ1) is 7.88. The van der Waals surface area contributed by atoms with Gasteiger partial charge in [0.15, 0.2) is 0 Å². The van der Waals surface area contributed by atoms with Crippen molar-refractivity contribution in [3.8, 4) is 0 Å². The zero-order chi connectivity index (χ0) is 11.0. The molecule has 0 atom stereocenters. The van der Waals surface area contributed by atoms with E-state index in [0.29, 0.717) is 0 Å². The van der Waals surface area contributed by atoms with Crippen molar-refractivity contribution in [2.45, 2.75) is 6.42 Å². The highest BCUT2D eigenvalue weighted by Gasteiger charge is 2.04. The van der Waals surface area contributed by atoms with Crippen molar-refractivity contribution < 1.29 is 0 Å². The van der Waals surface area contributed by atoms with Crippen LogP contribution in [0.1, 0.15) is 5.56 Å². The first-order valence-corrected chi connectivity index (χ1v) is 5.97. The molecule has 0 bridgehead atoms. The smallest absolute Gasteiger partial charge is 0.0495 e. The number of hydrogen-bond acceptors (Lipinski definition) is 2. The molecule has 3 aromatic rings. The van der Waals surface area contributed by atoms with E-state index < -0.39 is 0 Å².